The molecule has 4 atom stereocenters. The van der Waals surface area contributed by atoms with Crippen molar-refractivity contribution in [2.24, 2.45) is 22.7 Å². The second kappa shape index (κ2) is 6.49. The molecule has 0 bridgehead atoms. The average molecular weight is 306 g/mol. The molecule has 0 radical (unpaired) electrons. The Labute approximate surface area is 136 Å². The summed E-state index contributed by atoms with van der Waals surface area (Å²) in [6.45, 7) is 11.5. The maximum absolute atomic E-state index is 10.5. The molecule has 0 aromatic carbocycles. The summed E-state index contributed by atoms with van der Waals surface area (Å²) in [6, 6.07) is 0. The third-order valence-electron chi connectivity index (χ3n) is 6.80. The number of fused-ring (bicyclic) bond motifs is 1. The van der Waals surface area contributed by atoms with E-state index in [0.29, 0.717) is 17.3 Å². The summed E-state index contributed by atoms with van der Waals surface area (Å²) in [4.78, 5) is 0. The largest absolute Gasteiger partial charge is 0.393 e. The van der Waals surface area contributed by atoms with Crippen LogP contribution in [-0.4, -0.2) is 22.9 Å². The molecule has 0 aromatic heterocycles. The van der Waals surface area contributed by atoms with Crippen LogP contribution in [0.25, 0.3) is 0 Å². The van der Waals surface area contributed by atoms with E-state index in [1.807, 2.05) is 6.08 Å². The van der Waals surface area contributed by atoms with Crippen molar-refractivity contribution in [2.75, 3.05) is 6.61 Å². The molecule has 0 aliphatic heterocycles. The highest BCUT2D eigenvalue weighted by atomic mass is 16.3. The molecule has 2 nitrogen and oxygen atoms in total. The van der Waals surface area contributed by atoms with E-state index < -0.39 is 0 Å². The van der Waals surface area contributed by atoms with Crippen molar-refractivity contribution in [1.29, 1.82) is 0 Å². The van der Waals surface area contributed by atoms with Gasteiger partial charge in [0.05, 0.1) is 12.7 Å². The fraction of sp³-hybridized carbons (Fsp3) is 0.800. The molecule has 22 heavy (non-hydrogen) atoms. The first-order valence-corrected chi connectivity index (χ1v) is 8.84. The molecule has 0 aromatic rings. The molecule has 2 aliphatic carbocycles. The second-order valence-electron chi connectivity index (χ2n) is 8.44. The van der Waals surface area contributed by atoms with Gasteiger partial charge in [0.25, 0.3) is 0 Å². The summed E-state index contributed by atoms with van der Waals surface area (Å²) in [5, 5.41) is 19.5. The molecule has 0 saturated heterocycles. The molecule has 2 N–H and O–H groups in total. The minimum atomic E-state index is -0.172. The number of allylic oxidation sites excluding steroid dienone is 3. The number of rotatable bonds is 4. The van der Waals surface area contributed by atoms with Crippen LogP contribution in [0.2, 0.25) is 0 Å². The summed E-state index contributed by atoms with van der Waals surface area (Å²) in [5.41, 5.74) is 3.11. The van der Waals surface area contributed by atoms with E-state index in [9.17, 15) is 5.11 Å². The Kier molecular flexibility index (Phi) is 5.23. The highest BCUT2D eigenvalue weighted by molar-refractivity contribution is 5.19. The van der Waals surface area contributed by atoms with Gasteiger partial charge in [-0.3, -0.25) is 0 Å². The zero-order chi connectivity index (χ0) is 16.5. The third-order valence-corrected chi connectivity index (χ3v) is 6.80. The standard InChI is InChI=1S/C20H34O2/c1-14(11-13-21)6-8-16-15(2)7-9-17-19(3,4)18(22)10-12-20(16,17)5/h7,11,16-18,21-22H,6,8-10,12-13H2,1-5H3/t16-,17+,18+,20-/m1/s1. The summed E-state index contributed by atoms with van der Waals surface area (Å²) >= 11 is 0. The van der Waals surface area contributed by atoms with Crippen LogP contribution in [0.5, 0.6) is 0 Å². The normalized spacial score (nSPS) is 38.4. The maximum atomic E-state index is 10.5. The lowest BCUT2D eigenvalue weighted by Gasteiger charge is -2.58. The van der Waals surface area contributed by atoms with Crippen molar-refractivity contribution in [1.82, 2.24) is 0 Å². The summed E-state index contributed by atoms with van der Waals surface area (Å²) in [6.07, 6.45) is 9.54. The van der Waals surface area contributed by atoms with Gasteiger partial charge in [-0.2, -0.15) is 0 Å². The quantitative estimate of drug-likeness (QED) is 0.752. The number of hydrogen-bond donors (Lipinski definition) is 2. The first-order valence-electron chi connectivity index (χ1n) is 8.84. The summed E-state index contributed by atoms with van der Waals surface area (Å²) in [5.74, 6) is 1.15. The SMILES string of the molecule is CC(=CCO)CC[C@@H]1C(C)=CC[C@H]2C(C)(C)[C@@H](O)CC[C@]12C. The van der Waals surface area contributed by atoms with Crippen molar-refractivity contribution < 1.29 is 10.2 Å². The van der Waals surface area contributed by atoms with E-state index in [4.69, 9.17) is 5.11 Å². The van der Waals surface area contributed by atoms with Crippen LogP contribution < -0.4 is 0 Å². The van der Waals surface area contributed by atoms with Crippen molar-refractivity contribution in [3.05, 3.63) is 23.3 Å². The predicted octanol–water partition coefficient (Wildman–Crippen LogP) is 4.47. The Morgan fingerprint density at radius 2 is 2.05 bits per heavy atom. The molecule has 2 rings (SSSR count). The Balaban J connectivity index is 2.24. The van der Waals surface area contributed by atoms with Crippen LogP contribution in [-0.2, 0) is 0 Å². The summed E-state index contributed by atoms with van der Waals surface area (Å²) < 4.78 is 0. The highest BCUT2D eigenvalue weighted by Gasteiger charge is 2.54. The van der Waals surface area contributed by atoms with Crippen molar-refractivity contribution in [2.45, 2.75) is 72.8 Å². The Bertz CT molecular complexity index is 460. The fourth-order valence-electron chi connectivity index (χ4n) is 5.22. The first kappa shape index (κ1) is 17.7. The lowest BCUT2D eigenvalue weighted by atomic mass is 9.47. The van der Waals surface area contributed by atoms with Gasteiger partial charge >= 0.3 is 0 Å². The third kappa shape index (κ3) is 3.05. The van der Waals surface area contributed by atoms with Gasteiger partial charge in [0.15, 0.2) is 0 Å². The number of aliphatic hydroxyl groups excluding tert-OH is 2. The van der Waals surface area contributed by atoms with E-state index in [1.165, 1.54) is 11.1 Å². The van der Waals surface area contributed by atoms with E-state index >= 15 is 0 Å². The van der Waals surface area contributed by atoms with Gasteiger partial charge in [-0.15, -0.1) is 0 Å². The molecular weight excluding hydrogens is 272 g/mol. The minimum absolute atomic E-state index is 0.00156. The van der Waals surface area contributed by atoms with Gasteiger partial charge in [0.2, 0.25) is 0 Å². The van der Waals surface area contributed by atoms with Crippen molar-refractivity contribution >= 4 is 0 Å². The fourth-order valence-corrected chi connectivity index (χ4v) is 5.22. The number of hydrogen-bond acceptors (Lipinski definition) is 2. The van der Waals surface area contributed by atoms with E-state index in [-0.39, 0.29) is 18.1 Å². The van der Waals surface area contributed by atoms with Crippen LogP contribution in [0.4, 0.5) is 0 Å². The Morgan fingerprint density at radius 1 is 1.36 bits per heavy atom. The van der Waals surface area contributed by atoms with Gasteiger partial charge in [0.1, 0.15) is 0 Å². The zero-order valence-electron chi connectivity index (χ0n) is 15.0. The van der Waals surface area contributed by atoms with Crippen molar-refractivity contribution in [3.8, 4) is 0 Å². The van der Waals surface area contributed by atoms with Gasteiger partial charge in [-0.1, -0.05) is 44.1 Å². The minimum Gasteiger partial charge on any atom is -0.393 e. The first-order chi connectivity index (χ1) is 10.2. The lowest BCUT2D eigenvalue weighted by molar-refractivity contribution is -0.115. The molecule has 0 amide bonds. The molecule has 0 unspecified atom stereocenters. The smallest absolute Gasteiger partial charge is 0.0614 e. The topological polar surface area (TPSA) is 40.5 Å². The lowest BCUT2D eigenvalue weighted by Crippen LogP contribution is -2.54. The molecule has 2 aliphatic rings. The van der Waals surface area contributed by atoms with Crippen LogP contribution in [0.1, 0.15) is 66.7 Å². The Hall–Kier alpha value is -0.600. The van der Waals surface area contributed by atoms with Crippen LogP contribution >= 0.6 is 0 Å². The Morgan fingerprint density at radius 3 is 2.68 bits per heavy atom. The van der Waals surface area contributed by atoms with Crippen LogP contribution in [0.15, 0.2) is 23.3 Å². The van der Waals surface area contributed by atoms with Crippen LogP contribution in [0.3, 0.4) is 0 Å². The molecule has 1 fully saturated rings. The monoisotopic (exact) mass is 306 g/mol. The maximum Gasteiger partial charge on any atom is 0.0614 e. The number of aliphatic hydroxyl groups is 2. The van der Waals surface area contributed by atoms with E-state index in [2.05, 4.69) is 40.7 Å². The highest BCUT2D eigenvalue weighted by Crippen LogP contribution is 2.60. The van der Waals surface area contributed by atoms with Gasteiger partial charge < -0.3 is 10.2 Å². The zero-order valence-corrected chi connectivity index (χ0v) is 15.0. The molecule has 0 heterocycles. The summed E-state index contributed by atoms with van der Waals surface area (Å²) in [7, 11) is 0. The predicted molar refractivity (Wildman–Crippen MR) is 92.6 cm³/mol. The molecule has 126 valence electrons. The van der Waals surface area contributed by atoms with E-state index in [1.54, 1.807) is 0 Å². The van der Waals surface area contributed by atoms with Gasteiger partial charge in [0, 0.05) is 0 Å². The van der Waals surface area contributed by atoms with Crippen LogP contribution in [0, 0.1) is 22.7 Å². The van der Waals surface area contributed by atoms with Gasteiger partial charge in [-0.05, 0) is 68.6 Å². The molecule has 1 saturated carbocycles. The molecule has 0 spiro atoms. The average Bonchev–Trinajstić information content (AvgIpc) is 2.43. The van der Waals surface area contributed by atoms with Gasteiger partial charge in [-0.25, -0.2) is 0 Å². The van der Waals surface area contributed by atoms with Crippen molar-refractivity contribution in [3.63, 3.8) is 0 Å². The van der Waals surface area contributed by atoms with E-state index in [0.717, 1.165) is 32.1 Å². The molecule has 2 heteroatoms. The second-order valence-corrected chi connectivity index (χ2v) is 8.44. The molecular formula is C20H34O2.